The van der Waals surface area contributed by atoms with E-state index >= 15 is 0 Å². The first-order valence-electron chi connectivity index (χ1n) is 5.90. The minimum atomic E-state index is -0.474. The summed E-state index contributed by atoms with van der Waals surface area (Å²) < 4.78 is 13.3. The first-order valence-corrected chi connectivity index (χ1v) is 7.30. The highest BCUT2D eigenvalue weighted by Crippen LogP contribution is 2.06. The molecular weight excluding hydrogens is 251 g/mol. The van der Waals surface area contributed by atoms with Gasteiger partial charge in [-0.05, 0) is 36.5 Å². The summed E-state index contributed by atoms with van der Waals surface area (Å²) in [4.78, 5) is 11.6. The van der Waals surface area contributed by atoms with Gasteiger partial charge in [0.05, 0.1) is 6.04 Å². The lowest BCUT2D eigenvalue weighted by atomic mass is 10.1. The van der Waals surface area contributed by atoms with E-state index in [0.29, 0.717) is 24.9 Å². The number of thioether (sulfide) groups is 1. The van der Waals surface area contributed by atoms with E-state index in [9.17, 15) is 9.18 Å². The number of hydrogen-bond acceptors (Lipinski definition) is 3. The molecule has 0 aliphatic heterocycles. The highest BCUT2D eigenvalue weighted by atomic mass is 32.2. The Morgan fingerprint density at radius 3 is 2.89 bits per heavy atom. The first-order chi connectivity index (χ1) is 8.65. The Labute approximate surface area is 111 Å². The van der Waals surface area contributed by atoms with Crippen molar-refractivity contribution in [3.05, 3.63) is 35.6 Å². The van der Waals surface area contributed by atoms with Gasteiger partial charge in [0.15, 0.2) is 0 Å². The topological polar surface area (TPSA) is 55.1 Å². The minimum absolute atomic E-state index is 0.166. The summed E-state index contributed by atoms with van der Waals surface area (Å²) in [6, 6.07) is 6.09. The molecule has 3 N–H and O–H groups in total. The molecule has 0 saturated heterocycles. The number of rotatable bonds is 7. The van der Waals surface area contributed by atoms with E-state index in [2.05, 4.69) is 5.32 Å². The highest BCUT2D eigenvalue weighted by Gasteiger charge is 2.12. The van der Waals surface area contributed by atoms with E-state index in [0.717, 1.165) is 5.75 Å². The summed E-state index contributed by atoms with van der Waals surface area (Å²) in [5, 5.41) is 2.73. The molecule has 1 atom stereocenters. The van der Waals surface area contributed by atoms with Crippen molar-refractivity contribution < 1.29 is 9.18 Å². The second-order valence-corrected chi connectivity index (χ2v) is 5.01. The number of amides is 1. The Morgan fingerprint density at radius 2 is 2.22 bits per heavy atom. The van der Waals surface area contributed by atoms with Gasteiger partial charge in [0.2, 0.25) is 5.91 Å². The molecule has 0 saturated carbocycles. The molecule has 5 heteroatoms. The third-order valence-electron chi connectivity index (χ3n) is 2.62. The Morgan fingerprint density at radius 1 is 1.50 bits per heavy atom. The van der Waals surface area contributed by atoms with Crippen LogP contribution >= 0.6 is 11.8 Å². The largest absolute Gasteiger partial charge is 0.354 e. The summed E-state index contributed by atoms with van der Waals surface area (Å²) in [7, 11) is 0. The summed E-state index contributed by atoms with van der Waals surface area (Å²) in [5.41, 5.74) is 6.32. The summed E-state index contributed by atoms with van der Waals surface area (Å²) >= 11 is 1.66. The molecule has 1 rings (SSSR count). The molecule has 0 aromatic heterocycles. The number of nitrogens with one attached hydrogen (secondary N) is 1. The molecule has 0 aliphatic carbocycles. The van der Waals surface area contributed by atoms with Crippen LogP contribution in [0.2, 0.25) is 0 Å². The SMILES string of the molecule is CSCC[C@@H](N)C(=O)NCCc1ccccc1F. The van der Waals surface area contributed by atoms with Crippen molar-refractivity contribution in [3.63, 3.8) is 0 Å². The number of carbonyl (C=O) groups is 1. The van der Waals surface area contributed by atoms with Crippen LogP contribution in [0.5, 0.6) is 0 Å². The minimum Gasteiger partial charge on any atom is -0.354 e. The van der Waals surface area contributed by atoms with Crippen molar-refractivity contribution in [2.24, 2.45) is 5.73 Å². The maximum atomic E-state index is 13.3. The standard InChI is InChI=1S/C13H19FN2OS/c1-18-9-7-12(15)13(17)16-8-6-10-4-2-3-5-11(10)14/h2-5,12H,6-9,15H2,1H3,(H,16,17)/t12-/m1/s1. The molecule has 1 aromatic rings. The van der Waals surface area contributed by atoms with Crippen molar-refractivity contribution in [2.75, 3.05) is 18.6 Å². The van der Waals surface area contributed by atoms with Gasteiger partial charge in [0.1, 0.15) is 5.82 Å². The van der Waals surface area contributed by atoms with Crippen molar-refractivity contribution in [3.8, 4) is 0 Å². The molecule has 0 bridgehead atoms. The second-order valence-electron chi connectivity index (χ2n) is 4.02. The lowest BCUT2D eigenvalue weighted by Crippen LogP contribution is -2.41. The molecule has 0 radical (unpaired) electrons. The smallest absolute Gasteiger partial charge is 0.236 e. The van der Waals surface area contributed by atoms with Gasteiger partial charge in [0.25, 0.3) is 0 Å². The van der Waals surface area contributed by atoms with E-state index < -0.39 is 6.04 Å². The van der Waals surface area contributed by atoms with Crippen molar-refractivity contribution >= 4 is 17.7 Å². The zero-order valence-electron chi connectivity index (χ0n) is 10.5. The van der Waals surface area contributed by atoms with Crippen LogP contribution in [0.25, 0.3) is 0 Å². The fourth-order valence-electron chi connectivity index (χ4n) is 1.53. The molecule has 1 amide bonds. The van der Waals surface area contributed by atoms with Crippen LogP contribution in [0.3, 0.4) is 0 Å². The molecule has 18 heavy (non-hydrogen) atoms. The van der Waals surface area contributed by atoms with E-state index in [1.807, 2.05) is 6.26 Å². The average Bonchev–Trinajstić information content (AvgIpc) is 2.38. The van der Waals surface area contributed by atoms with Crippen LogP contribution in [-0.4, -0.2) is 30.5 Å². The number of halogens is 1. The van der Waals surface area contributed by atoms with Crippen LogP contribution in [0, 0.1) is 5.82 Å². The first kappa shape index (κ1) is 15.0. The van der Waals surface area contributed by atoms with Crippen LogP contribution in [0.1, 0.15) is 12.0 Å². The van der Waals surface area contributed by atoms with Crippen LogP contribution < -0.4 is 11.1 Å². The van der Waals surface area contributed by atoms with Gasteiger partial charge in [0, 0.05) is 6.54 Å². The normalized spacial score (nSPS) is 12.2. The third-order valence-corrected chi connectivity index (χ3v) is 3.27. The lowest BCUT2D eigenvalue weighted by Gasteiger charge is -2.11. The van der Waals surface area contributed by atoms with Gasteiger partial charge in [-0.3, -0.25) is 4.79 Å². The van der Waals surface area contributed by atoms with E-state index in [1.54, 1.807) is 30.0 Å². The van der Waals surface area contributed by atoms with Gasteiger partial charge in [-0.15, -0.1) is 0 Å². The Hall–Kier alpha value is -1.07. The fourth-order valence-corrected chi connectivity index (χ4v) is 2.02. The van der Waals surface area contributed by atoms with Gasteiger partial charge in [-0.2, -0.15) is 11.8 Å². The number of benzene rings is 1. The Balaban J connectivity index is 2.29. The van der Waals surface area contributed by atoms with E-state index in [4.69, 9.17) is 5.73 Å². The van der Waals surface area contributed by atoms with Gasteiger partial charge >= 0.3 is 0 Å². The fraction of sp³-hybridized carbons (Fsp3) is 0.462. The number of carbonyl (C=O) groups excluding carboxylic acids is 1. The predicted octanol–water partition coefficient (Wildman–Crippen LogP) is 1.56. The summed E-state index contributed by atoms with van der Waals surface area (Å²) in [6.45, 7) is 0.409. The molecule has 0 heterocycles. The van der Waals surface area contributed by atoms with Gasteiger partial charge < -0.3 is 11.1 Å². The molecular formula is C13H19FN2OS. The zero-order valence-corrected chi connectivity index (χ0v) is 11.3. The number of nitrogens with two attached hydrogens (primary N) is 1. The molecule has 1 aromatic carbocycles. The van der Waals surface area contributed by atoms with Crippen LogP contribution in [-0.2, 0) is 11.2 Å². The van der Waals surface area contributed by atoms with Crippen molar-refractivity contribution in [2.45, 2.75) is 18.9 Å². The number of hydrogen-bond donors (Lipinski definition) is 2. The van der Waals surface area contributed by atoms with Crippen LogP contribution in [0.4, 0.5) is 4.39 Å². The monoisotopic (exact) mass is 270 g/mol. The Kier molecular flexibility index (Phi) is 6.75. The second kappa shape index (κ2) is 8.11. The van der Waals surface area contributed by atoms with Crippen molar-refractivity contribution in [1.29, 1.82) is 0 Å². The van der Waals surface area contributed by atoms with Crippen molar-refractivity contribution in [1.82, 2.24) is 5.32 Å². The molecule has 0 fully saturated rings. The van der Waals surface area contributed by atoms with Crippen LogP contribution in [0.15, 0.2) is 24.3 Å². The molecule has 100 valence electrons. The van der Waals surface area contributed by atoms with E-state index in [1.165, 1.54) is 6.07 Å². The maximum absolute atomic E-state index is 13.3. The third kappa shape index (κ3) is 5.06. The predicted molar refractivity (Wildman–Crippen MR) is 74.1 cm³/mol. The summed E-state index contributed by atoms with van der Waals surface area (Å²) in [6.07, 6.45) is 3.11. The average molecular weight is 270 g/mol. The van der Waals surface area contributed by atoms with Gasteiger partial charge in [-0.1, -0.05) is 18.2 Å². The summed E-state index contributed by atoms with van der Waals surface area (Å²) in [5.74, 6) is 0.459. The van der Waals surface area contributed by atoms with E-state index in [-0.39, 0.29) is 11.7 Å². The quantitative estimate of drug-likeness (QED) is 0.790. The maximum Gasteiger partial charge on any atom is 0.236 e. The zero-order chi connectivity index (χ0) is 13.4. The lowest BCUT2D eigenvalue weighted by molar-refractivity contribution is -0.122. The van der Waals surface area contributed by atoms with Gasteiger partial charge in [-0.25, -0.2) is 4.39 Å². The molecule has 0 unspecified atom stereocenters. The molecule has 0 spiro atoms. The Bertz CT molecular complexity index is 387. The molecule has 3 nitrogen and oxygen atoms in total. The highest BCUT2D eigenvalue weighted by molar-refractivity contribution is 7.98. The molecule has 0 aliphatic rings.